The topological polar surface area (TPSA) is 95.7 Å². The number of ether oxygens (including phenoxy) is 2. The fraction of sp³-hybridized carbons (Fsp3) is 0.500. The second-order valence-electron chi connectivity index (χ2n) is 4.90. The summed E-state index contributed by atoms with van der Waals surface area (Å²) < 4.78 is 9.97. The monoisotopic (exact) mass is 323 g/mol. The highest BCUT2D eigenvalue weighted by atomic mass is 16.6. The molecule has 0 spiro atoms. The molecule has 0 saturated heterocycles. The Balaban J connectivity index is 2.88. The summed E-state index contributed by atoms with van der Waals surface area (Å²) >= 11 is 0. The second kappa shape index (κ2) is 9.55. The van der Waals surface area contributed by atoms with Crippen LogP contribution < -0.4 is 0 Å². The molecule has 0 heterocycles. The van der Waals surface area contributed by atoms with Gasteiger partial charge in [-0.2, -0.15) is 0 Å². The van der Waals surface area contributed by atoms with Gasteiger partial charge in [0.25, 0.3) is 5.69 Å². The van der Waals surface area contributed by atoms with Crippen LogP contribution in [0.25, 0.3) is 0 Å². The molecular formula is C16H21NO6. The fourth-order valence-electron chi connectivity index (χ4n) is 1.97. The van der Waals surface area contributed by atoms with Crippen molar-refractivity contribution in [1.29, 1.82) is 0 Å². The van der Waals surface area contributed by atoms with Gasteiger partial charge in [-0.15, -0.1) is 0 Å². The van der Waals surface area contributed by atoms with Gasteiger partial charge in [0.1, 0.15) is 0 Å². The number of esters is 2. The molecule has 0 bridgehead atoms. The maximum absolute atomic E-state index is 12.1. The van der Waals surface area contributed by atoms with E-state index in [0.717, 1.165) is 37.8 Å². The van der Waals surface area contributed by atoms with E-state index < -0.39 is 16.9 Å². The van der Waals surface area contributed by atoms with Gasteiger partial charge in [-0.05, 0) is 19.4 Å². The highest BCUT2D eigenvalue weighted by molar-refractivity contribution is 6.03. The Morgan fingerprint density at radius 2 is 1.74 bits per heavy atom. The van der Waals surface area contributed by atoms with Gasteiger partial charge >= 0.3 is 11.9 Å². The van der Waals surface area contributed by atoms with E-state index in [9.17, 15) is 19.7 Å². The Hall–Kier alpha value is -2.44. The highest BCUT2D eigenvalue weighted by Gasteiger charge is 2.22. The predicted molar refractivity (Wildman–Crippen MR) is 83.5 cm³/mol. The van der Waals surface area contributed by atoms with E-state index >= 15 is 0 Å². The van der Waals surface area contributed by atoms with Crippen molar-refractivity contribution in [2.24, 2.45) is 0 Å². The average Bonchev–Trinajstić information content (AvgIpc) is 2.54. The first-order chi connectivity index (χ1) is 11.0. The third-order valence-electron chi connectivity index (χ3n) is 3.16. The van der Waals surface area contributed by atoms with Crippen LogP contribution in [-0.2, 0) is 9.47 Å². The van der Waals surface area contributed by atoms with Crippen LogP contribution in [0, 0.1) is 10.1 Å². The van der Waals surface area contributed by atoms with Crippen molar-refractivity contribution < 1.29 is 24.0 Å². The average molecular weight is 323 g/mol. The first-order valence-electron chi connectivity index (χ1n) is 7.63. The van der Waals surface area contributed by atoms with Gasteiger partial charge in [-0.25, -0.2) is 9.59 Å². The van der Waals surface area contributed by atoms with Gasteiger partial charge in [-0.1, -0.05) is 26.2 Å². The Labute approximate surface area is 134 Å². The third-order valence-corrected chi connectivity index (χ3v) is 3.16. The molecule has 0 fully saturated rings. The molecule has 7 heteroatoms. The summed E-state index contributed by atoms with van der Waals surface area (Å²) in [4.78, 5) is 34.2. The van der Waals surface area contributed by atoms with E-state index in [1.807, 2.05) is 0 Å². The van der Waals surface area contributed by atoms with E-state index in [4.69, 9.17) is 9.47 Å². The van der Waals surface area contributed by atoms with E-state index in [0.29, 0.717) is 0 Å². The fourth-order valence-corrected chi connectivity index (χ4v) is 1.97. The van der Waals surface area contributed by atoms with E-state index in [-0.39, 0.29) is 30.0 Å². The number of hydrogen-bond donors (Lipinski definition) is 0. The minimum Gasteiger partial charge on any atom is -0.462 e. The van der Waals surface area contributed by atoms with Crippen LogP contribution in [0.4, 0.5) is 5.69 Å². The van der Waals surface area contributed by atoms with Crippen LogP contribution in [0.3, 0.4) is 0 Å². The zero-order chi connectivity index (χ0) is 17.2. The lowest BCUT2D eigenvalue weighted by atomic mass is 10.1. The molecule has 1 aromatic rings. The number of benzene rings is 1. The molecule has 126 valence electrons. The SMILES string of the molecule is CCCCCCOC(=O)c1ccc([N+](=O)[O-])cc1C(=O)OCC. The Kier molecular flexibility index (Phi) is 7.73. The number of carbonyl (C=O) groups excluding carboxylic acids is 2. The Bertz CT molecular complexity index is 570. The zero-order valence-electron chi connectivity index (χ0n) is 13.4. The first-order valence-corrected chi connectivity index (χ1v) is 7.63. The molecule has 0 atom stereocenters. The maximum atomic E-state index is 12.1. The summed E-state index contributed by atoms with van der Waals surface area (Å²) in [6.45, 7) is 4.04. The summed E-state index contributed by atoms with van der Waals surface area (Å²) in [7, 11) is 0. The highest BCUT2D eigenvalue weighted by Crippen LogP contribution is 2.20. The molecule has 0 N–H and O–H groups in total. The molecular weight excluding hydrogens is 302 g/mol. The van der Waals surface area contributed by atoms with Gasteiger partial charge in [-0.3, -0.25) is 10.1 Å². The van der Waals surface area contributed by atoms with Crippen molar-refractivity contribution in [3.8, 4) is 0 Å². The van der Waals surface area contributed by atoms with Crippen LogP contribution in [-0.4, -0.2) is 30.1 Å². The molecule has 1 aromatic carbocycles. The van der Waals surface area contributed by atoms with Crippen molar-refractivity contribution in [3.05, 3.63) is 39.4 Å². The molecule has 0 aromatic heterocycles. The van der Waals surface area contributed by atoms with Gasteiger partial charge in [0.15, 0.2) is 0 Å². The number of nitro benzene ring substituents is 1. The second-order valence-corrected chi connectivity index (χ2v) is 4.90. The number of rotatable bonds is 9. The van der Waals surface area contributed by atoms with Crippen molar-refractivity contribution in [1.82, 2.24) is 0 Å². The minimum absolute atomic E-state index is 0.0236. The van der Waals surface area contributed by atoms with Crippen LogP contribution in [0.15, 0.2) is 18.2 Å². The summed E-state index contributed by atoms with van der Waals surface area (Å²) in [6.07, 6.45) is 3.82. The number of nitrogens with zero attached hydrogens (tertiary/aromatic N) is 1. The normalized spacial score (nSPS) is 10.2. The van der Waals surface area contributed by atoms with Crippen LogP contribution in [0.5, 0.6) is 0 Å². The van der Waals surface area contributed by atoms with Crippen LogP contribution in [0.1, 0.15) is 60.2 Å². The van der Waals surface area contributed by atoms with Crippen molar-refractivity contribution >= 4 is 17.6 Å². The largest absolute Gasteiger partial charge is 0.462 e. The summed E-state index contributed by atoms with van der Waals surface area (Å²) in [6, 6.07) is 3.42. The summed E-state index contributed by atoms with van der Waals surface area (Å²) in [5, 5.41) is 10.8. The molecule has 23 heavy (non-hydrogen) atoms. The molecule has 0 unspecified atom stereocenters. The van der Waals surface area contributed by atoms with Crippen molar-refractivity contribution in [3.63, 3.8) is 0 Å². The van der Waals surface area contributed by atoms with Gasteiger partial charge in [0.2, 0.25) is 0 Å². The smallest absolute Gasteiger partial charge is 0.339 e. The molecule has 0 radical (unpaired) electrons. The van der Waals surface area contributed by atoms with E-state index in [1.54, 1.807) is 6.92 Å². The van der Waals surface area contributed by atoms with Gasteiger partial charge in [0.05, 0.1) is 29.3 Å². The summed E-state index contributed by atoms with van der Waals surface area (Å²) in [5.41, 5.74) is -0.461. The standard InChI is InChI=1S/C16H21NO6/c1-3-5-6-7-10-23-15(18)13-9-8-12(17(20)21)11-14(13)16(19)22-4-2/h8-9,11H,3-7,10H2,1-2H3. The number of non-ortho nitro benzene ring substituents is 1. The lowest BCUT2D eigenvalue weighted by molar-refractivity contribution is -0.384. The molecule has 0 saturated carbocycles. The number of hydrogen-bond acceptors (Lipinski definition) is 6. The predicted octanol–water partition coefficient (Wildman–Crippen LogP) is 3.51. The third kappa shape index (κ3) is 5.69. The molecule has 0 aliphatic carbocycles. The lowest BCUT2D eigenvalue weighted by Gasteiger charge is -2.09. The van der Waals surface area contributed by atoms with Gasteiger partial charge in [0, 0.05) is 12.1 Å². The van der Waals surface area contributed by atoms with Crippen LogP contribution in [0.2, 0.25) is 0 Å². The molecule has 0 aliphatic rings. The number of unbranched alkanes of at least 4 members (excludes halogenated alkanes) is 3. The quantitative estimate of drug-likeness (QED) is 0.299. The van der Waals surface area contributed by atoms with Crippen LogP contribution >= 0.6 is 0 Å². The zero-order valence-corrected chi connectivity index (χ0v) is 13.4. The Morgan fingerprint density at radius 1 is 1.04 bits per heavy atom. The van der Waals surface area contributed by atoms with Gasteiger partial charge < -0.3 is 9.47 Å². The first kappa shape index (κ1) is 18.6. The van der Waals surface area contributed by atoms with Crippen molar-refractivity contribution in [2.45, 2.75) is 39.5 Å². The number of carbonyl (C=O) groups is 2. The maximum Gasteiger partial charge on any atom is 0.339 e. The number of nitro groups is 1. The minimum atomic E-state index is -0.783. The molecule has 0 aliphatic heterocycles. The Morgan fingerprint density at radius 3 is 2.35 bits per heavy atom. The van der Waals surface area contributed by atoms with E-state index in [1.165, 1.54) is 6.07 Å². The van der Waals surface area contributed by atoms with Crippen molar-refractivity contribution in [2.75, 3.05) is 13.2 Å². The lowest BCUT2D eigenvalue weighted by Crippen LogP contribution is -2.15. The molecule has 0 amide bonds. The summed E-state index contributed by atoms with van der Waals surface area (Å²) in [5.74, 6) is -1.46. The molecule has 1 rings (SSSR count). The molecule has 7 nitrogen and oxygen atoms in total. The van der Waals surface area contributed by atoms with E-state index in [2.05, 4.69) is 6.92 Å².